The monoisotopic (exact) mass is 236 g/mol. The Labute approximate surface area is 102 Å². The molecule has 2 heterocycles. The first-order valence-corrected chi connectivity index (χ1v) is 6.12. The van der Waals surface area contributed by atoms with Gasteiger partial charge in [-0.3, -0.25) is 0 Å². The highest BCUT2D eigenvalue weighted by Crippen LogP contribution is 2.17. The van der Waals surface area contributed by atoms with E-state index in [1.54, 1.807) is 7.11 Å². The van der Waals surface area contributed by atoms with Crippen molar-refractivity contribution in [2.24, 2.45) is 5.73 Å². The van der Waals surface area contributed by atoms with Crippen LogP contribution < -0.4 is 10.6 Å². The molecule has 94 valence electrons. The molecule has 1 fully saturated rings. The van der Waals surface area contributed by atoms with Crippen molar-refractivity contribution < 1.29 is 4.74 Å². The third kappa shape index (κ3) is 3.14. The van der Waals surface area contributed by atoms with Crippen LogP contribution in [0.15, 0.2) is 12.4 Å². The molecule has 17 heavy (non-hydrogen) atoms. The van der Waals surface area contributed by atoms with Crippen LogP contribution in [0.3, 0.4) is 0 Å². The minimum Gasteiger partial charge on any atom is -0.381 e. The van der Waals surface area contributed by atoms with Gasteiger partial charge in [-0.05, 0) is 31.4 Å². The molecule has 0 aromatic carbocycles. The quantitative estimate of drug-likeness (QED) is 0.829. The van der Waals surface area contributed by atoms with Crippen LogP contribution in [0.2, 0.25) is 0 Å². The number of nitrogens with two attached hydrogens (primary N) is 1. The molecule has 0 bridgehead atoms. The highest BCUT2D eigenvalue weighted by molar-refractivity contribution is 5.30. The van der Waals surface area contributed by atoms with Gasteiger partial charge in [-0.25, -0.2) is 9.97 Å². The van der Waals surface area contributed by atoms with Crippen LogP contribution in [-0.2, 0) is 11.2 Å². The standard InChI is InChI=1S/C12H20N4O/c1-17-11-3-6-16(7-4-11)12-14-8-10(2-5-13)9-15-12/h8-9,11H,2-7,13H2,1H3. The highest BCUT2D eigenvalue weighted by Gasteiger charge is 2.20. The maximum atomic E-state index is 5.49. The van der Waals surface area contributed by atoms with Crippen LogP contribution in [0.4, 0.5) is 5.95 Å². The Morgan fingerprint density at radius 1 is 1.35 bits per heavy atom. The van der Waals surface area contributed by atoms with Gasteiger partial charge in [-0.2, -0.15) is 0 Å². The van der Waals surface area contributed by atoms with E-state index in [9.17, 15) is 0 Å². The summed E-state index contributed by atoms with van der Waals surface area (Å²) in [6, 6.07) is 0. The van der Waals surface area contributed by atoms with Gasteiger partial charge in [0, 0.05) is 32.6 Å². The second-order valence-corrected chi connectivity index (χ2v) is 4.35. The first kappa shape index (κ1) is 12.3. The topological polar surface area (TPSA) is 64.3 Å². The van der Waals surface area contributed by atoms with Crippen molar-refractivity contribution in [1.29, 1.82) is 0 Å². The SMILES string of the molecule is COC1CCN(c2ncc(CCN)cn2)CC1. The molecule has 5 heteroatoms. The lowest BCUT2D eigenvalue weighted by atomic mass is 10.1. The maximum Gasteiger partial charge on any atom is 0.225 e. The summed E-state index contributed by atoms with van der Waals surface area (Å²) >= 11 is 0. The summed E-state index contributed by atoms with van der Waals surface area (Å²) in [4.78, 5) is 11.0. The first-order valence-electron chi connectivity index (χ1n) is 6.12. The number of ether oxygens (including phenoxy) is 1. The van der Waals surface area contributed by atoms with Crippen LogP contribution >= 0.6 is 0 Å². The van der Waals surface area contributed by atoms with E-state index in [0.717, 1.165) is 43.9 Å². The smallest absolute Gasteiger partial charge is 0.225 e. The number of nitrogens with zero attached hydrogens (tertiary/aromatic N) is 3. The molecular formula is C12H20N4O. The molecular weight excluding hydrogens is 216 g/mol. The van der Waals surface area contributed by atoms with E-state index in [-0.39, 0.29) is 0 Å². The molecule has 0 amide bonds. The molecule has 1 aliphatic rings. The van der Waals surface area contributed by atoms with E-state index in [1.165, 1.54) is 0 Å². The number of rotatable bonds is 4. The molecule has 0 radical (unpaired) electrons. The Hall–Kier alpha value is -1.20. The van der Waals surface area contributed by atoms with Gasteiger partial charge in [-0.1, -0.05) is 0 Å². The van der Waals surface area contributed by atoms with Crippen molar-refractivity contribution in [1.82, 2.24) is 9.97 Å². The van der Waals surface area contributed by atoms with Crippen molar-refractivity contribution in [2.45, 2.75) is 25.4 Å². The zero-order valence-electron chi connectivity index (χ0n) is 10.3. The Morgan fingerprint density at radius 2 is 2.00 bits per heavy atom. The first-order chi connectivity index (χ1) is 8.33. The number of aromatic nitrogens is 2. The molecule has 2 rings (SSSR count). The fourth-order valence-corrected chi connectivity index (χ4v) is 2.10. The maximum absolute atomic E-state index is 5.49. The number of anilines is 1. The van der Waals surface area contributed by atoms with Gasteiger partial charge >= 0.3 is 0 Å². The van der Waals surface area contributed by atoms with Crippen molar-refractivity contribution >= 4 is 5.95 Å². The fraction of sp³-hybridized carbons (Fsp3) is 0.667. The molecule has 1 aromatic heterocycles. The van der Waals surface area contributed by atoms with Crippen molar-refractivity contribution in [2.75, 3.05) is 31.6 Å². The predicted octanol–water partition coefficient (Wildman–Crippen LogP) is 0.593. The number of hydrogen-bond donors (Lipinski definition) is 1. The fourth-order valence-electron chi connectivity index (χ4n) is 2.10. The lowest BCUT2D eigenvalue weighted by molar-refractivity contribution is 0.0816. The van der Waals surface area contributed by atoms with Gasteiger partial charge in [0.2, 0.25) is 5.95 Å². The van der Waals surface area contributed by atoms with Crippen molar-refractivity contribution in [3.05, 3.63) is 18.0 Å². The molecule has 1 saturated heterocycles. The largest absolute Gasteiger partial charge is 0.381 e. The summed E-state index contributed by atoms with van der Waals surface area (Å²) in [5, 5.41) is 0. The van der Waals surface area contributed by atoms with Gasteiger partial charge < -0.3 is 15.4 Å². The Kier molecular flexibility index (Phi) is 4.28. The molecule has 0 atom stereocenters. The van der Waals surface area contributed by atoms with Gasteiger partial charge in [-0.15, -0.1) is 0 Å². The van der Waals surface area contributed by atoms with E-state index < -0.39 is 0 Å². The minimum atomic E-state index is 0.391. The summed E-state index contributed by atoms with van der Waals surface area (Å²) < 4.78 is 5.35. The van der Waals surface area contributed by atoms with E-state index >= 15 is 0 Å². The van der Waals surface area contributed by atoms with E-state index in [1.807, 2.05) is 12.4 Å². The summed E-state index contributed by atoms with van der Waals surface area (Å²) in [5.41, 5.74) is 6.59. The van der Waals surface area contributed by atoms with Gasteiger partial charge in [0.15, 0.2) is 0 Å². The Balaban J connectivity index is 1.94. The lowest BCUT2D eigenvalue weighted by Gasteiger charge is -2.31. The molecule has 5 nitrogen and oxygen atoms in total. The van der Waals surface area contributed by atoms with E-state index in [4.69, 9.17) is 10.5 Å². The average molecular weight is 236 g/mol. The molecule has 1 aromatic rings. The molecule has 0 spiro atoms. The van der Waals surface area contributed by atoms with Gasteiger partial charge in [0.25, 0.3) is 0 Å². The van der Waals surface area contributed by atoms with Crippen LogP contribution in [-0.4, -0.2) is 42.8 Å². The van der Waals surface area contributed by atoms with Crippen LogP contribution in [0, 0.1) is 0 Å². The normalized spacial score (nSPS) is 17.4. The van der Waals surface area contributed by atoms with Crippen molar-refractivity contribution in [3.63, 3.8) is 0 Å². The molecule has 2 N–H and O–H groups in total. The predicted molar refractivity (Wildman–Crippen MR) is 67.0 cm³/mol. The zero-order chi connectivity index (χ0) is 12.1. The number of methoxy groups -OCH3 is 1. The minimum absolute atomic E-state index is 0.391. The van der Waals surface area contributed by atoms with Crippen molar-refractivity contribution in [3.8, 4) is 0 Å². The number of piperidine rings is 1. The van der Waals surface area contributed by atoms with Crippen LogP contribution in [0.1, 0.15) is 18.4 Å². The Morgan fingerprint density at radius 3 is 2.53 bits per heavy atom. The van der Waals surface area contributed by atoms with Gasteiger partial charge in [0.05, 0.1) is 6.10 Å². The Bertz CT molecular complexity index is 333. The summed E-state index contributed by atoms with van der Waals surface area (Å²) in [5.74, 6) is 0.820. The van der Waals surface area contributed by atoms with E-state index in [0.29, 0.717) is 12.6 Å². The van der Waals surface area contributed by atoms with Crippen LogP contribution in [0.25, 0.3) is 0 Å². The highest BCUT2D eigenvalue weighted by atomic mass is 16.5. The van der Waals surface area contributed by atoms with E-state index in [2.05, 4.69) is 14.9 Å². The molecule has 0 unspecified atom stereocenters. The third-order valence-corrected chi connectivity index (χ3v) is 3.18. The average Bonchev–Trinajstić information content (AvgIpc) is 2.40. The molecule has 1 aliphatic heterocycles. The number of hydrogen-bond acceptors (Lipinski definition) is 5. The zero-order valence-corrected chi connectivity index (χ0v) is 10.3. The van der Waals surface area contributed by atoms with Gasteiger partial charge in [0.1, 0.15) is 0 Å². The second-order valence-electron chi connectivity index (χ2n) is 4.35. The molecule has 0 saturated carbocycles. The molecule has 0 aliphatic carbocycles. The summed E-state index contributed by atoms with van der Waals surface area (Å²) in [6.45, 7) is 2.57. The summed E-state index contributed by atoms with van der Waals surface area (Å²) in [6.07, 6.45) is 7.07. The summed E-state index contributed by atoms with van der Waals surface area (Å²) in [7, 11) is 1.78. The van der Waals surface area contributed by atoms with Crippen LogP contribution in [0.5, 0.6) is 0 Å². The lowest BCUT2D eigenvalue weighted by Crippen LogP contribution is -2.37. The second kappa shape index (κ2) is 5.93. The third-order valence-electron chi connectivity index (χ3n) is 3.18.